The zero-order valence-corrected chi connectivity index (χ0v) is 10.1. The van der Waals surface area contributed by atoms with Crippen LogP contribution < -0.4 is 0 Å². The van der Waals surface area contributed by atoms with Gasteiger partial charge in [0.1, 0.15) is 11.6 Å². The first kappa shape index (κ1) is 13.4. The number of hydrogen-bond donors (Lipinski definition) is 0. The first-order valence-corrected chi connectivity index (χ1v) is 5.83. The molecule has 100 valence electrons. The Bertz CT molecular complexity index is 528. The number of carbonyl (C=O) groups excluding carboxylic acids is 1. The molecule has 1 aliphatic heterocycles. The molecule has 19 heavy (non-hydrogen) atoms. The highest BCUT2D eigenvalue weighted by Crippen LogP contribution is 2.13. The maximum Gasteiger partial charge on any atom is 0.227 e. The molecule has 4 nitrogen and oxygen atoms in total. The van der Waals surface area contributed by atoms with E-state index in [1.54, 1.807) is 0 Å². The van der Waals surface area contributed by atoms with Crippen LogP contribution >= 0.6 is 0 Å². The van der Waals surface area contributed by atoms with E-state index >= 15 is 0 Å². The molecule has 0 radical (unpaired) electrons. The number of benzene rings is 1. The number of nitrogens with zero attached hydrogens (tertiary/aromatic N) is 2. The molecule has 1 aliphatic rings. The highest BCUT2D eigenvalue weighted by Gasteiger charge is 2.24. The van der Waals surface area contributed by atoms with E-state index in [-0.39, 0.29) is 31.0 Å². The predicted molar refractivity (Wildman–Crippen MR) is 62.0 cm³/mol. The maximum atomic E-state index is 13.4. The topological polar surface area (TPSA) is 53.3 Å². The summed E-state index contributed by atoms with van der Waals surface area (Å²) in [6.45, 7) is 0.841. The lowest BCUT2D eigenvalue weighted by molar-refractivity contribution is -0.136. The normalized spacial score (nSPS) is 19.0. The molecule has 1 aromatic rings. The van der Waals surface area contributed by atoms with Gasteiger partial charge in [0.05, 0.1) is 25.6 Å². The zero-order valence-electron chi connectivity index (χ0n) is 10.1. The van der Waals surface area contributed by atoms with Gasteiger partial charge in [0.15, 0.2) is 6.10 Å². The minimum atomic E-state index is -0.738. The highest BCUT2D eigenvalue weighted by atomic mass is 19.1. The summed E-state index contributed by atoms with van der Waals surface area (Å²) in [5, 5.41) is 8.74. The quantitative estimate of drug-likeness (QED) is 0.809. The van der Waals surface area contributed by atoms with Crippen LogP contribution in [0.2, 0.25) is 0 Å². The number of morpholine rings is 1. The average Bonchev–Trinajstić information content (AvgIpc) is 2.42. The first-order chi connectivity index (χ1) is 9.10. The number of hydrogen-bond acceptors (Lipinski definition) is 3. The minimum Gasteiger partial charge on any atom is -0.360 e. The van der Waals surface area contributed by atoms with Crippen molar-refractivity contribution in [2.75, 3.05) is 19.7 Å². The fourth-order valence-corrected chi connectivity index (χ4v) is 1.89. The molecule has 0 aromatic heterocycles. The monoisotopic (exact) mass is 266 g/mol. The fourth-order valence-electron chi connectivity index (χ4n) is 1.89. The average molecular weight is 266 g/mol. The van der Waals surface area contributed by atoms with Crippen molar-refractivity contribution in [3.8, 4) is 6.07 Å². The van der Waals surface area contributed by atoms with Crippen LogP contribution in [0.4, 0.5) is 8.78 Å². The van der Waals surface area contributed by atoms with Crippen molar-refractivity contribution >= 4 is 5.91 Å². The fraction of sp³-hybridized carbons (Fsp3) is 0.385. The Kier molecular flexibility index (Phi) is 4.07. The number of halogens is 2. The molecule has 0 bridgehead atoms. The smallest absolute Gasteiger partial charge is 0.227 e. The maximum absolute atomic E-state index is 13.4. The van der Waals surface area contributed by atoms with Gasteiger partial charge in [-0.25, -0.2) is 8.78 Å². The third-order valence-corrected chi connectivity index (χ3v) is 2.92. The minimum absolute atomic E-state index is 0.145. The largest absolute Gasteiger partial charge is 0.360 e. The first-order valence-electron chi connectivity index (χ1n) is 5.83. The zero-order chi connectivity index (χ0) is 13.8. The molecule has 1 amide bonds. The summed E-state index contributed by atoms with van der Waals surface area (Å²) in [4.78, 5) is 13.4. The molecule has 0 saturated carbocycles. The summed E-state index contributed by atoms with van der Waals surface area (Å²) in [6.07, 6.45) is -0.791. The van der Waals surface area contributed by atoms with Crippen LogP contribution in [0.15, 0.2) is 18.2 Å². The Balaban J connectivity index is 2.02. The van der Waals surface area contributed by atoms with Gasteiger partial charge in [0.2, 0.25) is 5.91 Å². The lowest BCUT2D eigenvalue weighted by Crippen LogP contribution is -2.45. The van der Waals surface area contributed by atoms with E-state index in [2.05, 4.69) is 0 Å². The van der Waals surface area contributed by atoms with Crippen LogP contribution in [-0.2, 0) is 16.0 Å². The van der Waals surface area contributed by atoms with E-state index in [4.69, 9.17) is 10.00 Å². The number of ether oxygens (including phenoxy) is 1. The number of rotatable bonds is 2. The molecule has 1 saturated heterocycles. The van der Waals surface area contributed by atoms with Crippen molar-refractivity contribution in [3.63, 3.8) is 0 Å². The summed E-state index contributed by atoms with van der Waals surface area (Å²) in [5.41, 5.74) is 0.145. The van der Waals surface area contributed by atoms with E-state index in [0.29, 0.717) is 6.54 Å². The lowest BCUT2D eigenvalue weighted by Gasteiger charge is -2.29. The summed E-state index contributed by atoms with van der Waals surface area (Å²) in [6, 6.07) is 5.05. The second kappa shape index (κ2) is 5.76. The predicted octanol–water partition coefficient (Wildman–Crippen LogP) is 1.26. The Hall–Kier alpha value is -2.00. The second-order valence-electron chi connectivity index (χ2n) is 4.24. The summed E-state index contributed by atoms with van der Waals surface area (Å²) in [5.74, 6) is -1.71. The van der Waals surface area contributed by atoms with E-state index in [9.17, 15) is 13.6 Å². The van der Waals surface area contributed by atoms with Gasteiger partial charge in [-0.15, -0.1) is 0 Å². The highest BCUT2D eigenvalue weighted by molar-refractivity contribution is 5.79. The number of nitriles is 1. The molecule has 1 aromatic carbocycles. The molecule has 0 aliphatic carbocycles. The van der Waals surface area contributed by atoms with E-state index in [0.717, 1.165) is 12.1 Å². The van der Waals surface area contributed by atoms with Gasteiger partial charge in [-0.1, -0.05) is 6.07 Å². The Labute approximate surface area is 109 Å². The molecular weight excluding hydrogens is 254 g/mol. The van der Waals surface area contributed by atoms with E-state index < -0.39 is 17.7 Å². The Morgan fingerprint density at radius 3 is 3.00 bits per heavy atom. The lowest BCUT2D eigenvalue weighted by atomic mass is 10.1. The van der Waals surface area contributed by atoms with Crippen molar-refractivity contribution in [3.05, 3.63) is 35.4 Å². The Morgan fingerprint density at radius 2 is 2.32 bits per heavy atom. The van der Waals surface area contributed by atoms with Crippen LogP contribution in [0.1, 0.15) is 5.56 Å². The van der Waals surface area contributed by atoms with Crippen LogP contribution in [0, 0.1) is 23.0 Å². The van der Waals surface area contributed by atoms with Gasteiger partial charge >= 0.3 is 0 Å². The van der Waals surface area contributed by atoms with Gasteiger partial charge in [-0.3, -0.25) is 4.79 Å². The molecular formula is C13H12F2N2O2. The van der Waals surface area contributed by atoms with Crippen LogP contribution in [0.25, 0.3) is 0 Å². The summed E-state index contributed by atoms with van der Waals surface area (Å²) < 4.78 is 31.3. The standard InChI is InChI=1S/C13H12F2N2O2/c14-10-2-1-9(12(15)6-10)5-13(18)17-3-4-19-11(7-16)8-17/h1-2,6,11H,3-5,8H2. The molecule has 6 heteroatoms. The van der Waals surface area contributed by atoms with Gasteiger partial charge in [-0.05, 0) is 11.6 Å². The SMILES string of the molecule is N#CC1CN(C(=O)Cc2ccc(F)cc2F)CCO1. The van der Waals surface area contributed by atoms with E-state index in [1.165, 1.54) is 11.0 Å². The van der Waals surface area contributed by atoms with Crippen molar-refractivity contribution < 1.29 is 18.3 Å². The number of carbonyl (C=O) groups is 1. The van der Waals surface area contributed by atoms with Gasteiger partial charge in [0, 0.05) is 12.6 Å². The van der Waals surface area contributed by atoms with Crippen LogP contribution in [0.5, 0.6) is 0 Å². The van der Waals surface area contributed by atoms with Crippen molar-refractivity contribution in [1.82, 2.24) is 4.90 Å². The van der Waals surface area contributed by atoms with Gasteiger partial charge in [-0.2, -0.15) is 5.26 Å². The van der Waals surface area contributed by atoms with Crippen LogP contribution in [-0.4, -0.2) is 36.6 Å². The molecule has 1 fully saturated rings. The molecule has 1 atom stereocenters. The van der Waals surface area contributed by atoms with Crippen molar-refractivity contribution in [2.24, 2.45) is 0 Å². The molecule has 1 heterocycles. The Morgan fingerprint density at radius 1 is 1.53 bits per heavy atom. The molecule has 2 rings (SSSR count). The van der Waals surface area contributed by atoms with E-state index in [1.807, 2.05) is 6.07 Å². The third kappa shape index (κ3) is 3.26. The molecule has 1 unspecified atom stereocenters. The van der Waals surface area contributed by atoms with Crippen LogP contribution in [0.3, 0.4) is 0 Å². The van der Waals surface area contributed by atoms with Crippen molar-refractivity contribution in [2.45, 2.75) is 12.5 Å². The molecule has 0 spiro atoms. The van der Waals surface area contributed by atoms with Crippen molar-refractivity contribution in [1.29, 1.82) is 5.26 Å². The second-order valence-corrected chi connectivity index (χ2v) is 4.24. The summed E-state index contributed by atoms with van der Waals surface area (Å²) >= 11 is 0. The third-order valence-electron chi connectivity index (χ3n) is 2.92. The summed E-state index contributed by atoms with van der Waals surface area (Å²) in [7, 11) is 0. The molecule has 0 N–H and O–H groups in total. The van der Waals surface area contributed by atoms with Gasteiger partial charge in [0.25, 0.3) is 0 Å². The van der Waals surface area contributed by atoms with Gasteiger partial charge < -0.3 is 9.64 Å². The number of amides is 1.